The summed E-state index contributed by atoms with van der Waals surface area (Å²) < 4.78 is 6.37. The molecule has 0 unspecified atom stereocenters. The molecule has 1 saturated heterocycles. The third kappa shape index (κ3) is 5.00. The average molecular weight is 479 g/mol. The fourth-order valence-corrected chi connectivity index (χ4v) is 4.65. The van der Waals surface area contributed by atoms with Crippen LogP contribution in [-0.2, 0) is 0 Å². The van der Waals surface area contributed by atoms with E-state index in [1.165, 1.54) is 11.1 Å². The summed E-state index contributed by atoms with van der Waals surface area (Å²) in [5.74, 6) is 0.830. The summed E-state index contributed by atoms with van der Waals surface area (Å²) in [5, 5.41) is 0. The molecule has 0 spiro atoms. The average Bonchev–Trinajstić information content (AvgIpc) is 2.82. The molecule has 0 radical (unpaired) electrons. The van der Waals surface area contributed by atoms with Crippen LogP contribution in [0, 0.1) is 0 Å². The van der Waals surface area contributed by atoms with Crippen molar-refractivity contribution < 1.29 is 9.53 Å². The molecule has 0 saturated carbocycles. The van der Waals surface area contributed by atoms with Gasteiger partial charge in [0.05, 0.1) is 17.1 Å². The van der Waals surface area contributed by atoms with Crippen molar-refractivity contribution in [2.45, 2.75) is 13.0 Å². The molecule has 1 heterocycles. The number of nitrogens with zero attached hydrogens (tertiary/aromatic N) is 2. The van der Waals surface area contributed by atoms with Crippen LogP contribution in [0.2, 0.25) is 0 Å². The largest absolute Gasteiger partial charge is 0.493 e. The number of rotatable bonds is 6. The Balaban J connectivity index is 1.48. The molecule has 1 fully saturated rings. The van der Waals surface area contributed by atoms with E-state index >= 15 is 0 Å². The number of ether oxygens (including phenoxy) is 1. The highest BCUT2D eigenvalue weighted by atomic mass is 79.9. The maximum Gasteiger partial charge on any atom is 0.253 e. The Hall–Kier alpha value is -2.63. The predicted octanol–water partition coefficient (Wildman–Crippen LogP) is 5.40. The third-order valence-electron chi connectivity index (χ3n) is 5.68. The Morgan fingerprint density at radius 1 is 0.903 bits per heavy atom. The van der Waals surface area contributed by atoms with Crippen LogP contribution in [0.5, 0.6) is 5.75 Å². The molecule has 160 valence electrons. The maximum atomic E-state index is 13.1. The maximum absolute atomic E-state index is 13.1. The van der Waals surface area contributed by atoms with Crippen LogP contribution in [-0.4, -0.2) is 48.5 Å². The van der Waals surface area contributed by atoms with Gasteiger partial charge in [0.2, 0.25) is 0 Å². The van der Waals surface area contributed by atoms with Crippen LogP contribution < -0.4 is 4.74 Å². The van der Waals surface area contributed by atoms with Gasteiger partial charge < -0.3 is 9.64 Å². The number of halogens is 1. The molecule has 1 aliphatic heterocycles. The highest BCUT2D eigenvalue weighted by Gasteiger charge is 2.28. The van der Waals surface area contributed by atoms with E-state index in [1.54, 1.807) is 0 Å². The minimum Gasteiger partial charge on any atom is -0.493 e. The van der Waals surface area contributed by atoms with Gasteiger partial charge in [0.15, 0.2) is 0 Å². The Morgan fingerprint density at radius 3 is 2.00 bits per heavy atom. The zero-order valence-electron chi connectivity index (χ0n) is 17.7. The van der Waals surface area contributed by atoms with Gasteiger partial charge in [-0.05, 0) is 52.2 Å². The minimum atomic E-state index is 0.0689. The van der Waals surface area contributed by atoms with E-state index in [-0.39, 0.29) is 11.9 Å². The summed E-state index contributed by atoms with van der Waals surface area (Å²) in [6.45, 7) is 5.62. The Kier molecular flexibility index (Phi) is 7.05. The highest BCUT2D eigenvalue weighted by molar-refractivity contribution is 9.10. The van der Waals surface area contributed by atoms with Gasteiger partial charge in [-0.1, -0.05) is 60.7 Å². The molecule has 0 N–H and O–H groups in total. The molecule has 31 heavy (non-hydrogen) atoms. The molecule has 0 aliphatic carbocycles. The first-order chi connectivity index (χ1) is 15.2. The molecule has 3 aromatic carbocycles. The molecule has 0 aromatic heterocycles. The fraction of sp³-hybridized carbons (Fsp3) is 0.269. The number of piperazine rings is 1. The summed E-state index contributed by atoms with van der Waals surface area (Å²) in [7, 11) is 0. The van der Waals surface area contributed by atoms with Crippen LogP contribution >= 0.6 is 15.9 Å². The lowest BCUT2D eigenvalue weighted by Crippen LogP contribution is -2.49. The van der Waals surface area contributed by atoms with Gasteiger partial charge in [-0.25, -0.2) is 0 Å². The summed E-state index contributed by atoms with van der Waals surface area (Å²) in [4.78, 5) is 17.5. The second-order valence-electron chi connectivity index (χ2n) is 7.63. The molecule has 0 bridgehead atoms. The Bertz CT molecular complexity index is 963. The normalized spacial score (nSPS) is 14.6. The van der Waals surface area contributed by atoms with Crippen molar-refractivity contribution in [2.24, 2.45) is 0 Å². The molecule has 4 rings (SSSR count). The Labute approximate surface area is 192 Å². The van der Waals surface area contributed by atoms with Gasteiger partial charge in [-0.15, -0.1) is 0 Å². The SMILES string of the molecule is CCOc1ccc(C(=O)N2CCN(C(c3ccccc3)c3ccccc3)CC2)cc1Br. The van der Waals surface area contributed by atoms with E-state index in [4.69, 9.17) is 4.74 Å². The number of hydrogen-bond acceptors (Lipinski definition) is 3. The predicted molar refractivity (Wildman–Crippen MR) is 128 cm³/mol. The van der Waals surface area contributed by atoms with Crippen molar-refractivity contribution in [1.29, 1.82) is 0 Å². The van der Waals surface area contributed by atoms with E-state index in [2.05, 4.69) is 81.5 Å². The van der Waals surface area contributed by atoms with Crippen molar-refractivity contribution >= 4 is 21.8 Å². The second-order valence-corrected chi connectivity index (χ2v) is 8.48. The summed E-state index contributed by atoms with van der Waals surface area (Å²) in [5.41, 5.74) is 3.25. The number of hydrogen-bond donors (Lipinski definition) is 0. The van der Waals surface area contributed by atoms with Crippen LogP contribution in [0.25, 0.3) is 0 Å². The smallest absolute Gasteiger partial charge is 0.253 e. The monoisotopic (exact) mass is 478 g/mol. The van der Waals surface area contributed by atoms with E-state index in [0.29, 0.717) is 25.3 Å². The number of benzene rings is 3. The summed E-state index contributed by atoms with van der Waals surface area (Å²) in [6, 6.07) is 27.0. The zero-order valence-corrected chi connectivity index (χ0v) is 19.3. The van der Waals surface area contributed by atoms with Crippen molar-refractivity contribution in [3.8, 4) is 5.75 Å². The third-order valence-corrected chi connectivity index (χ3v) is 6.30. The molecule has 3 aromatic rings. The number of carbonyl (C=O) groups excluding carboxylic acids is 1. The van der Waals surface area contributed by atoms with E-state index in [9.17, 15) is 4.79 Å². The number of amides is 1. The molecule has 1 aliphatic rings. The lowest BCUT2D eigenvalue weighted by atomic mass is 9.96. The first-order valence-electron chi connectivity index (χ1n) is 10.7. The molecule has 1 amide bonds. The van der Waals surface area contributed by atoms with Crippen LogP contribution in [0.4, 0.5) is 0 Å². The van der Waals surface area contributed by atoms with Gasteiger partial charge in [-0.3, -0.25) is 9.69 Å². The van der Waals surface area contributed by atoms with Crippen molar-refractivity contribution in [2.75, 3.05) is 32.8 Å². The van der Waals surface area contributed by atoms with Gasteiger partial charge in [0.25, 0.3) is 5.91 Å². The highest BCUT2D eigenvalue weighted by Crippen LogP contribution is 2.30. The summed E-state index contributed by atoms with van der Waals surface area (Å²) in [6.07, 6.45) is 0. The van der Waals surface area contributed by atoms with Gasteiger partial charge in [-0.2, -0.15) is 0 Å². The molecule has 4 nitrogen and oxygen atoms in total. The first-order valence-corrected chi connectivity index (χ1v) is 11.5. The lowest BCUT2D eigenvalue weighted by Gasteiger charge is -2.39. The minimum absolute atomic E-state index is 0.0689. The molecular formula is C26H27BrN2O2. The van der Waals surface area contributed by atoms with Crippen molar-refractivity contribution in [3.63, 3.8) is 0 Å². The van der Waals surface area contributed by atoms with E-state index in [1.807, 2.05) is 30.0 Å². The van der Waals surface area contributed by atoms with Crippen LogP contribution in [0.15, 0.2) is 83.3 Å². The van der Waals surface area contributed by atoms with E-state index < -0.39 is 0 Å². The van der Waals surface area contributed by atoms with Gasteiger partial charge >= 0.3 is 0 Å². The molecule has 5 heteroatoms. The lowest BCUT2D eigenvalue weighted by molar-refractivity contribution is 0.0597. The van der Waals surface area contributed by atoms with Crippen LogP contribution in [0.1, 0.15) is 34.5 Å². The van der Waals surface area contributed by atoms with Crippen molar-refractivity contribution in [1.82, 2.24) is 9.80 Å². The quantitative estimate of drug-likeness (QED) is 0.475. The summed E-state index contributed by atoms with van der Waals surface area (Å²) >= 11 is 3.52. The Morgan fingerprint density at radius 2 is 1.48 bits per heavy atom. The number of carbonyl (C=O) groups is 1. The second kappa shape index (κ2) is 10.1. The van der Waals surface area contributed by atoms with Crippen molar-refractivity contribution in [3.05, 3.63) is 100 Å². The zero-order chi connectivity index (χ0) is 21.6. The fourth-order valence-electron chi connectivity index (χ4n) is 4.16. The van der Waals surface area contributed by atoms with Gasteiger partial charge in [0, 0.05) is 31.7 Å². The molecular weight excluding hydrogens is 452 g/mol. The standard InChI is InChI=1S/C26H27BrN2O2/c1-2-31-24-14-13-22(19-23(24)27)26(30)29-17-15-28(16-18-29)25(20-9-5-3-6-10-20)21-11-7-4-8-12-21/h3-14,19,25H,2,15-18H2,1H3. The first kappa shape index (κ1) is 21.6. The van der Waals surface area contributed by atoms with Gasteiger partial charge in [0.1, 0.15) is 5.75 Å². The van der Waals surface area contributed by atoms with Crippen LogP contribution in [0.3, 0.4) is 0 Å². The molecule has 0 atom stereocenters. The topological polar surface area (TPSA) is 32.8 Å². The van der Waals surface area contributed by atoms with E-state index in [0.717, 1.165) is 23.3 Å².